The fourth-order valence-corrected chi connectivity index (χ4v) is 3.98. The van der Waals surface area contributed by atoms with Crippen LogP contribution in [0.5, 0.6) is 0 Å². The zero-order chi connectivity index (χ0) is 22.9. The summed E-state index contributed by atoms with van der Waals surface area (Å²) in [5.41, 5.74) is 3.13. The molecule has 2 aromatic carbocycles. The van der Waals surface area contributed by atoms with Crippen LogP contribution < -0.4 is 10.5 Å². The minimum atomic E-state index is -3.83. The SMILES string of the molecule is CNC(=O)c1ccc2c(c1)nc(-c1c[nH]c(-c3cccc(S(N)(=O)=O)c3)n1)n2CCOC. The van der Waals surface area contributed by atoms with E-state index in [2.05, 4.69) is 15.3 Å². The van der Waals surface area contributed by atoms with Gasteiger partial charge in [-0.05, 0) is 30.3 Å². The van der Waals surface area contributed by atoms with E-state index in [9.17, 15) is 13.2 Å². The smallest absolute Gasteiger partial charge is 0.251 e. The lowest BCUT2D eigenvalue weighted by atomic mass is 10.2. The standard InChI is InChI=1S/C21H22N6O4S/c1-23-21(28)14-6-7-18-16(11-14)26-20(27(18)8-9-31-2)17-12-24-19(25-17)13-4-3-5-15(10-13)32(22,29)30/h3-7,10-12H,8-9H2,1-2H3,(H,23,28)(H,24,25)(H2,22,29,30). The summed E-state index contributed by atoms with van der Waals surface area (Å²) in [7, 11) is -0.638. The van der Waals surface area contributed by atoms with E-state index in [4.69, 9.17) is 14.9 Å². The predicted octanol–water partition coefficient (Wildman–Crippen LogP) is 1.75. The van der Waals surface area contributed by atoms with Gasteiger partial charge in [0.25, 0.3) is 5.91 Å². The molecule has 0 aliphatic rings. The molecule has 0 bridgehead atoms. The number of hydrogen-bond donors (Lipinski definition) is 3. The minimum Gasteiger partial charge on any atom is -0.383 e. The number of ether oxygens (including phenoxy) is 1. The fourth-order valence-electron chi connectivity index (χ4n) is 3.42. The summed E-state index contributed by atoms with van der Waals surface area (Å²) in [6.07, 6.45) is 1.70. The molecule has 0 saturated heterocycles. The second-order valence-corrected chi connectivity index (χ2v) is 8.63. The average Bonchev–Trinajstić information content (AvgIpc) is 3.41. The van der Waals surface area contributed by atoms with Crippen LogP contribution in [0.3, 0.4) is 0 Å². The van der Waals surface area contributed by atoms with Crippen molar-refractivity contribution in [3.8, 4) is 22.9 Å². The average molecular weight is 455 g/mol. The number of rotatable bonds is 7. The Hall–Kier alpha value is -3.54. The number of fused-ring (bicyclic) bond motifs is 1. The first-order valence-corrected chi connectivity index (χ1v) is 11.3. The summed E-state index contributed by atoms with van der Waals surface area (Å²) in [6.45, 7) is 0.994. The van der Waals surface area contributed by atoms with Gasteiger partial charge in [0.05, 0.1) is 22.5 Å². The third-order valence-corrected chi connectivity index (χ3v) is 5.91. The van der Waals surface area contributed by atoms with Gasteiger partial charge in [0.2, 0.25) is 10.0 Å². The number of nitrogens with two attached hydrogens (primary N) is 1. The lowest BCUT2D eigenvalue weighted by Gasteiger charge is -2.07. The van der Waals surface area contributed by atoms with Crippen LogP contribution in [0, 0.1) is 0 Å². The molecule has 0 radical (unpaired) electrons. The second-order valence-electron chi connectivity index (χ2n) is 7.07. The quantitative estimate of drug-likeness (QED) is 0.388. The van der Waals surface area contributed by atoms with Gasteiger partial charge in [-0.15, -0.1) is 0 Å². The van der Waals surface area contributed by atoms with Crippen LogP contribution in [0.2, 0.25) is 0 Å². The van der Waals surface area contributed by atoms with Crippen LogP contribution in [0.1, 0.15) is 10.4 Å². The van der Waals surface area contributed by atoms with Crippen molar-refractivity contribution >= 4 is 27.0 Å². The number of primary sulfonamides is 1. The maximum absolute atomic E-state index is 12.0. The highest BCUT2D eigenvalue weighted by Crippen LogP contribution is 2.27. The first-order chi connectivity index (χ1) is 15.3. The van der Waals surface area contributed by atoms with Crippen LogP contribution in [-0.2, 0) is 21.3 Å². The molecule has 0 saturated carbocycles. The van der Waals surface area contributed by atoms with Crippen LogP contribution >= 0.6 is 0 Å². The van der Waals surface area contributed by atoms with Gasteiger partial charge >= 0.3 is 0 Å². The molecule has 0 unspecified atom stereocenters. The molecule has 0 fully saturated rings. The van der Waals surface area contributed by atoms with Crippen molar-refractivity contribution in [1.82, 2.24) is 24.8 Å². The van der Waals surface area contributed by atoms with Gasteiger partial charge in [0.1, 0.15) is 11.5 Å². The highest BCUT2D eigenvalue weighted by molar-refractivity contribution is 7.89. The normalized spacial score (nSPS) is 11.7. The van der Waals surface area contributed by atoms with Crippen LogP contribution in [0.15, 0.2) is 53.6 Å². The Kier molecular flexibility index (Phi) is 5.78. The molecule has 0 spiro atoms. The molecule has 166 valence electrons. The maximum atomic E-state index is 12.0. The lowest BCUT2D eigenvalue weighted by molar-refractivity contribution is 0.0963. The third-order valence-electron chi connectivity index (χ3n) is 5.00. The number of benzene rings is 2. The number of hydrogen-bond acceptors (Lipinski definition) is 6. The molecule has 1 amide bonds. The molecule has 0 atom stereocenters. The van der Waals surface area contributed by atoms with E-state index in [-0.39, 0.29) is 10.8 Å². The molecule has 4 aromatic rings. The highest BCUT2D eigenvalue weighted by atomic mass is 32.2. The Balaban J connectivity index is 1.79. The summed E-state index contributed by atoms with van der Waals surface area (Å²) in [4.78, 5) is 24.4. The number of carbonyl (C=O) groups is 1. The van der Waals surface area contributed by atoms with E-state index >= 15 is 0 Å². The number of amides is 1. The van der Waals surface area contributed by atoms with Gasteiger partial charge in [0.15, 0.2) is 5.82 Å². The molecular formula is C21H22N6O4S. The van der Waals surface area contributed by atoms with Crippen molar-refractivity contribution in [3.05, 3.63) is 54.2 Å². The highest BCUT2D eigenvalue weighted by Gasteiger charge is 2.18. The van der Waals surface area contributed by atoms with Crippen LogP contribution in [0.25, 0.3) is 33.9 Å². The van der Waals surface area contributed by atoms with Crippen molar-refractivity contribution in [2.45, 2.75) is 11.4 Å². The van der Waals surface area contributed by atoms with E-state index in [1.807, 2.05) is 10.6 Å². The van der Waals surface area contributed by atoms with E-state index in [0.29, 0.717) is 47.1 Å². The van der Waals surface area contributed by atoms with Gasteiger partial charge in [-0.25, -0.2) is 23.5 Å². The fraction of sp³-hybridized carbons (Fsp3) is 0.190. The Morgan fingerprint density at radius 2 is 2.03 bits per heavy atom. The number of nitrogens with zero attached hydrogens (tertiary/aromatic N) is 3. The van der Waals surface area contributed by atoms with E-state index in [1.165, 1.54) is 12.1 Å². The van der Waals surface area contributed by atoms with E-state index in [0.717, 1.165) is 5.52 Å². The maximum Gasteiger partial charge on any atom is 0.251 e. The van der Waals surface area contributed by atoms with Crippen molar-refractivity contribution in [2.75, 3.05) is 20.8 Å². The Morgan fingerprint density at radius 1 is 1.22 bits per heavy atom. The van der Waals surface area contributed by atoms with E-state index in [1.54, 1.807) is 44.6 Å². The molecule has 2 heterocycles. The molecule has 4 rings (SSSR count). The lowest BCUT2D eigenvalue weighted by Crippen LogP contribution is -2.17. The Morgan fingerprint density at radius 3 is 2.75 bits per heavy atom. The molecule has 32 heavy (non-hydrogen) atoms. The summed E-state index contributed by atoms with van der Waals surface area (Å²) < 4.78 is 30.6. The van der Waals surface area contributed by atoms with Gasteiger partial charge in [-0.2, -0.15) is 0 Å². The number of nitrogens with one attached hydrogen (secondary N) is 2. The summed E-state index contributed by atoms with van der Waals surface area (Å²) in [6, 6.07) is 11.5. The first kappa shape index (κ1) is 21.7. The van der Waals surface area contributed by atoms with E-state index < -0.39 is 10.0 Å². The summed E-state index contributed by atoms with van der Waals surface area (Å²) >= 11 is 0. The predicted molar refractivity (Wildman–Crippen MR) is 119 cm³/mol. The number of imidazole rings is 2. The van der Waals surface area contributed by atoms with Gasteiger partial charge in [0, 0.05) is 38.0 Å². The zero-order valence-electron chi connectivity index (χ0n) is 17.5. The number of H-pyrrole nitrogens is 1. The van der Waals surface area contributed by atoms with Crippen molar-refractivity contribution in [2.24, 2.45) is 5.14 Å². The molecule has 0 aliphatic carbocycles. The molecule has 4 N–H and O–H groups in total. The van der Waals surface area contributed by atoms with Crippen molar-refractivity contribution < 1.29 is 17.9 Å². The number of sulfonamides is 1. The topological polar surface area (TPSA) is 145 Å². The van der Waals surface area contributed by atoms with Gasteiger partial charge in [-0.1, -0.05) is 12.1 Å². The second kappa shape index (κ2) is 8.54. The van der Waals surface area contributed by atoms with Crippen LogP contribution in [-0.4, -0.2) is 54.6 Å². The third kappa shape index (κ3) is 4.13. The van der Waals surface area contributed by atoms with Crippen LogP contribution in [0.4, 0.5) is 0 Å². The Bertz CT molecular complexity index is 1410. The minimum absolute atomic E-state index is 0.00186. The Labute approximate surface area is 184 Å². The summed E-state index contributed by atoms with van der Waals surface area (Å²) in [5, 5.41) is 7.85. The number of aromatic nitrogens is 4. The van der Waals surface area contributed by atoms with Gasteiger partial charge in [-0.3, -0.25) is 4.79 Å². The molecule has 10 nitrogen and oxygen atoms in total. The zero-order valence-corrected chi connectivity index (χ0v) is 18.3. The monoisotopic (exact) mass is 454 g/mol. The largest absolute Gasteiger partial charge is 0.383 e. The van der Waals surface area contributed by atoms with Crippen molar-refractivity contribution in [1.29, 1.82) is 0 Å². The number of methoxy groups -OCH3 is 1. The molecule has 0 aliphatic heterocycles. The molecule has 11 heteroatoms. The van der Waals surface area contributed by atoms with Gasteiger partial charge < -0.3 is 19.6 Å². The number of carbonyl (C=O) groups excluding carboxylic acids is 1. The van der Waals surface area contributed by atoms with Crippen molar-refractivity contribution in [3.63, 3.8) is 0 Å². The molecular weight excluding hydrogens is 432 g/mol. The summed E-state index contributed by atoms with van der Waals surface area (Å²) in [5.74, 6) is 0.870. The molecule has 2 aromatic heterocycles. The number of aromatic amines is 1. The first-order valence-electron chi connectivity index (χ1n) is 9.72.